The van der Waals surface area contributed by atoms with Crippen LogP contribution >= 0.6 is 11.6 Å². The third-order valence-electron chi connectivity index (χ3n) is 5.21. The summed E-state index contributed by atoms with van der Waals surface area (Å²) in [5.74, 6) is -0.879. The Morgan fingerprint density at radius 2 is 2.00 bits per heavy atom. The Labute approximate surface area is 195 Å². The monoisotopic (exact) mass is 473 g/mol. The summed E-state index contributed by atoms with van der Waals surface area (Å²) in [6, 6.07) is 5.97. The van der Waals surface area contributed by atoms with E-state index in [0.29, 0.717) is 17.2 Å². The van der Waals surface area contributed by atoms with E-state index >= 15 is 0 Å². The zero-order valence-corrected chi connectivity index (χ0v) is 19.6. The lowest BCUT2D eigenvalue weighted by Gasteiger charge is -2.20. The van der Waals surface area contributed by atoms with Gasteiger partial charge >= 0.3 is 6.09 Å². The van der Waals surface area contributed by atoms with Crippen LogP contribution in [0.4, 0.5) is 15.0 Å². The first-order valence-electron chi connectivity index (χ1n) is 10.7. The summed E-state index contributed by atoms with van der Waals surface area (Å²) in [6.45, 7) is 7.03. The second-order valence-corrected chi connectivity index (χ2v) is 9.56. The van der Waals surface area contributed by atoms with Gasteiger partial charge in [-0.25, -0.2) is 13.9 Å². The molecule has 0 aliphatic heterocycles. The quantitative estimate of drug-likeness (QED) is 0.545. The number of rotatable bonds is 5. The minimum Gasteiger partial charge on any atom is -0.442 e. The molecule has 0 bridgehead atoms. The largest absolute Gasteiger partial charge is 0.442 e. The van der Waals surface area contributed by atoms with E-state index in [1.807, 2.05) is 0 Å². The summed E-state index contributed by atoms with van der Waals surface area (Å²) in [7, 11) is 0. The average molecular weight is 474 g/mol. The van der Waals surface area contributed by atoms with Crippen LogP contribution in [-0.2, 0) is 9.53 Å². The molecule has 1 fully saturated rings. The Bertz CT molecular complexity index is 1210. The summed E-state index contributed by atoms with van der Waals surface area (Å²) < 4.78 is 21.5. The van der Waals surface area contributed by atoms with E-state index in [1.54, 1.807) is 52.2 Å². The van der Waals surface area contributed by atoms with Gasteiger partial charge in [0.05, 0.1) is 28.5 Å². The van der Waals surface area contributed by atoms with Crippen molar-refractivity contribution in [1.82, 2.24) is 19.6 Å². The van der Waals surface area contributed by atoms with Gasteiger partial charge in [0, 0.05) is 23.7 Å². The van der Waals surface area contributed by atoms with Crippen LogP contribution < -0.4 is 5.32 Å². The van der Waals surface area contributed by atoms with Gasteiger partial charge in [-0.1, -0.05) is 11.6 Å². The SMILES string of the molecule is CC(C(=O)Nc1cc(C2CC2)nn1C(=O)OC(C)(C)C)c1cnn(-c2ccc(F)c(Cl)c2)c1. The highest BCUT2D eigenvalue weighted by molar-refractivity contribution is 6.30. The van der Waals surface area contributed by atoms with E-state index in [2.05, 4.69) is 15.5 Å². The molecule has 0 spiro atoms. The Morgan fingerprint density at radius 3 is 2.64 bits per heavy atom. The molecule has 1 saturated carbocycles. The first-order valence-corrected chi connectivity index (χ1v) is 11.0. The molecule has 4 rings (SSSR count). The number of hydrogen-bond donors (Lipinski definition) is 1. The molecule has 1 aliphatic carbocycles. The second kappa shape index (κ2) is 8.62. The number of hydrogen-bond acceptors (Lipinski definition) is 5. The molecule has 1 amide bonds. The van der Waals surface area contributed by atoms with Crippen molar-refractivity contribution in [3.8, 4) is 5.69 Å². The third kappa shape index (κ3) is 5.24. The Balaban J connectivity index is 1.53. The molecule has 33 heavy (non-hydrogen) atoms. The Kier molecular flexibility index (Phi) is 6.00. The molecule has 0 saturated heterocycles. The molecule has 8 nitrogen and oxygen atoms in total. The zero-order valence-electron chi connectivity index (χ0n) is 18.8. The zero-order chi connectivity index (χ0) is 23.9. The lowest BCUT2D eigenvalue weighted by Crippen LogP contribution is -2.29. The predicted molar refractivity (Wildman–Crippen MR) is 121 cm³/mol. The van der Waals surface area contributed by atoms with Gasteiger partial charge in [-0.3, -0.25) is 4.79 Å². The van der Waals surface area contributed by atoms with Crippen LogP contribution in [0.25, 0.3) is 5.69 Å². The van der Waals surface area contributed by atoms with Crippen molar-refractivity contribution in [2.75, 3.05) is 5.32 Å². The number of benzene rings is 1. The van der Waals surface area contributed by atoms with E-state index in [9.17, 15) is 14.0 Å². The Hall–Kier alpha value is -3.20. The molecule has 1 aliphatic rings. The second-order valence-electron chi connectivity index (χ2n) is 9.15. The number of carbonyl (C=O) groups is 2. The lowest BCUT2D eigenvalue weighted by atomic mass is 10.0. The van der Waals surface area contributed by atoms with Crippen molar-refractivity contribution in [2.24, 2.45) is 0 Å². The summed E-state index contributed by atoms with van der Waals surface area (Å²) in [4.78, 5) is 25.6. The summed E-state index contributed by atoms with van der Waals surface area (Å²) in [6.07, 6.45) is 4.58. The number of anilines is 1. The van der Waals surface area contributed by atoms with Crippen LogP contribution in [0, 0.1) is 5.82 Å². The maximum Gasteiger partial charge on any atom is 0.437 e. The van der Waals surface area contributed by atoms with E-state index < -0.39 is 23.4 Å². The molecule has 174 valence electrons. The minimum absolute atomic E-state index is 0.0165. The van der Waals surface area contributed by atoms with Crippen molar-refractivity contribution in [2.45, 2.75) is 58.0 Å². The van der Waals surface area contributed by atoms with Crippen molar-refractivity contribution >= 4 is 29.4 Å². The van der Waals surface area contributed by atoms with Gasteiger partial charge in [-0.05, 0) is 58.7 Å². The highest BCUT2D eigenvalue weighted by Crippen LogP contribution is 2.40. The van der Waals surface area contributed by atoms with Gasteiger partial charge in [0.1, 0.15) is 17.2 Å². The fourth-order valence-corrected chi connectivity index (χ4v) is 3.40. The van der Waals surface area contributed by atoms with Crippen LogP contribution in [-0.4, -0.2) is 37.2 Å². The fraction of sp³-hybridized carbons (Fsp3) is 0.391. The molecular weight excluding hydrogens is 449 g/mol. The van der Waals surface area contributed by atoms with Crippen molar-refractivity contribution in [3.05, 3.63) is 58.8 Å². The normalized spacial score (nSPS) is 14.7. The van der Waals surface area contributed by atoms with Crippen LogP contribution in [0.5, 0.6) is 0 Å². The fourth-order valence-electron chi connectivity index (χ4n) is 3.23. The molecule has 2 aromatic heterocycles. The minimum atomic E-state index is -0.699. The number of halogens is 2. The van der Waals surface area contributed by atoms with E-state index in [1.165, 1.54) is 16.8 Å². The number of carbonyl (C=O) groups excluding carboxylic acids is 2. The first-order chi connectivity index (χ1) is 15.5. The smallest absolute Gasteiger partial charge is 0.437 e. The van der Waals surface area contributed by atoms with E-state index in [4.69, 9.17) is 16.3 Å². The maximum atomic E-state index is 13.4. The standard InChI is InChI=1S/C23H25ClFN5O3/c1-13(15-11-26-29(12-15)16-7-8-18(25)17(24)9-16)21(31)27-20-10-19(14-5-6-14)28-30(20)22(32)33-23(2,3)4/h7-14H,5-6H2,1-4H3,(H,27,31). The van der Waals surface area contributed by atoms with Crippen LogP contribution in [0.3, 0.4) is 0 Å². The number of ether oxygens (including phenoxy) is 1. The number of amides is 1. The highest BCUT2D eigenvalue weighted by atomic mass is 35.5. The van der Waals surface area contributed by atoms with Crippen molar-refractivity contribution in [3.63, 3.8) is 0 Å². The maximum absolute atomic E-state index is 13.4. The van der Waals surface area contributed by atoms with Gasteiger partial charge in [-0.2, -0.15) is 10.2 Å². The molecule has 1 N–H and O–H groups in total. The number of aromatic nitrogens is 4. The molecule has 10 heteroatoms. The molecule has 2 heterocycles. The molecule has 1 aromatic carbocycles. The molecule has 1 unspecified atom stereocenters. The lowest BCUT2D eigenvalue weighted by molar-refractivity contribution is -0.117. The molecule has 0 radical (unpaired) electrons. The van der Waals surface area contributed by atoms with Crippen LogP contribution in [0.1, 0.15) is 63.6 Å². The van der Waals surface area contributed by atoms with Crippen LogP contribution in [0.15, 0.2) is 36.7 Å². The molecule has 1 atom stereocenters. The van der Waals surface area contributed by atoms with E-state index in [0.717, 1.165) is 23.2 Å². The Morgan fingerprint density at radius 1 is 1.27 bits per heavy atom. The average Bonchev–Trinajstić information content (AvgIpc) is 3.31. The highest BCUT2D eigenvalue weighted by Gasteiger charge is 2.31. The predicted octanol–water partition coefficient (Wildman–Crippen LogP) is 5.26. The topological polar surface area (TPSA) is 91.0 Å². The molecule has 3 aromatic rings. The van der Waals surface area contributed by atoms with Gasteiger partial charge < -0.3 is 10.1 Å². The van der Waals surface area contributed by atoms with Gasteiger partial charge in [0.15, 0.2) is 0 Å². The van der Waals surface area contributed by atoms with Crippen LogP contribution in [0.2, 0.25) is 5.02 Å². The molecular formula is C23H25ClFN5O3. The summed E-state index contributed by atoms with van der Waals surface area (Å²) in [5.41, 5.74) is 1.26. The van der Waals surface area contributed by atoms with E-state index in [-0.39, 0.29) is 16.7 Å². The van der Waals surface area contributed by atoms with Gasteiger partial charge in [0.2, 0.25) is 5.91 Å². The number of nitrogens with one attached hydrogen (secondary N) is 1. The third-order valence-corrected chi connectivity index (χ3v) is 5.49. The van der Waals surface area contributed by atoms with Crippen molar-refractivity contribution < 1.29 is 18.7 Å². The van der Waals surface area contributed by atoms with Gasteiger partial charge in [0.25, 0.3) is 0 Å². The number of nitrogens with zero attached hydrogens (tertiary/aromatic N) is 4. The van der Waals surface area contributed by atoms with Crippen molar-refractivity contribution in [1.29, 1.82) is 0 Å². The summed E-state index contributed by atoms with van der Waals surface area (Å²) in [5, 5.41) is 11.4. The van der Waals surface area contributed by atoms with Gasteiger partial charge in [-0.15, -0.1) is 4.68 Å². The summed E-state index contributed by atoms with van der Waals surface area (Å²) >= 11 is 5.86. The first kappa shape index (κ1) is 23.0.